The third-order valence-corrected chi connectivity index (χ3v) is 4.62. The Morgan fingerprint density at radius 3 is 2.09 bits per heavy atom. The number of benzene rings is 3. The highest BCUT2D eigenvalue weighted by molar-refractivity contribution is 6.00. The lowest BCUT2D eigenvalue weighted by molar-refractivity contribution is 0.0526. The number of urea groups is 1. The van der Waals surface area contributed by atoms with Gasteiger partial charge in [0, 0.05) is 22.5 Å². The van der Waals surface area contributed by atoms with Crippen molar-refractivity contribution in [3.05, 3.63) is 90.7 Å². The van der Waals surface area contributed by atoms with E-state index < -0.39 is 12.0 Å². The third kappa shape index (κ3) is 5.02. The topological polar surface area (TPSA) is 93.5 Å². The number of hydrogen-bond acceptors (Lipinski definition) is 5. The molecule has 4 rings (SSSR count). The van der Waals surface area contributed by atoms with Crippen molar-refractivity contribution < 1.29 is 18.7 Å². The van der Waals surface area contributed by atoms with E-state index in [-0.39, 0.29) is 0 Å². The molecule has 0 aliphatic heterocycles. The Labute approximate surface area is 185 Å². The summed E-state index contributed by atoms with van der Waals surface area (Å²) in [6, 6.07) is 23.1. The van der Waals surface area contributed by atoms with Gasteiger partial charge in [-0.25, -0.2) is 14.6 Å². The number of nitrogens with one attached hydrogen (secondary N) is 2. The fraction of sp³-hybridized carbons (Fsp3) is 0.0800. The summed E-state index contributed by atoms with van der Waals surface area (Å²) < 4.78 is 10.5. The van der Waals surface area contributed by atoms with Crippen molar-refractivity contribution in [1.29, 1.82) is 0 Å². The van der Waals surface area contributed by atoms with Crippen molar-refractivity contribution in [2.75, 3.05) is 17.2 Å². The molecule has 2 N–H and O–H groups in total. The van der Waals surface area contributed by atoms with E-state index in [4.69, 9.17) is 9.15 Å². The molecule has 0 aliphatic rings. The first-order valence-electron chi connectivity index (χ1n) is 10.1. The molecule has 0 aliphatic carbocycles. The highest BCUT2D eigenvalue weighted by atomic mass is 16.5. The summed E-state index contributed by atoms with van der Waals surface area (Å²) in [7, 11) is 0. The van der Waals surface area contributed by atoms with E-state index in [1.165, 1.54) is 0 Å². The number of nitrogens with zero attached hydrogens (tertiary/aromatic N) is 1. The average molecular weight is 427 g/mol. The number of esters is 1. The fourth-order valence-corrected chi connectivity index (χ4v) is 3.04. The minimum Gasteiger partial charge on any atom is -0.462 e. The number of hydrogen-bond donors (Lipinski definition) is 2. The van der Waals surface area contributed by atoms with E-state index in [0.717, 1.165) is 16.8 Å². The Kier molecular flexibility index (Phi) is 6.27. The highest BCUT2D eigenvalue weighted by Gasteiger charge is 2.10. The highest BCUT2D eigenvalue weighted by Crippen LogP contribution is 2.25. The SMILES string of the molecule is CCOC(=O)c1ccc(NC(=O)Nc2ccc(-c3nc(-c4ccccc4)co3)cc2)cc1. The van der Waals surface area contributed by atoms with Crippen molar-refractivity contribution in [2.24, 2.45) is 0 Å². The molecule has 0 saturated heterocycles. The van der Waals surface area contributed by atoms with Crippen LogP contribution in [0.2, 0.25) is 0 Å². The Hall–Kier alpha value is -4.39. The maximum atomic E-state index is 12.3. The van der Waals surface area contributed by atoms with Gasteiger partial charge >= 0.3 is 12.0 Å². The van der Waals surface area contributed by atoms with Crippen LogP contribution in [0.3, 0.4) is 0 Å². The summed E-state index contributed by atoms with van der Waals surface area (Å²) in [4.78, 5) is 28.5. The lowest BCUT2D eigenvalue weighted by Gasteiger charge is -2.08. The van der Waals surface area contributed by atoms with Gasteiger partial charge in [-0.1, -0.05) is 30.3 Å². The van der Waals surface area contributed by atoms with Crippen LogP contribution in [0, 0.1) is 0 Å². The first kappa shape index (κ1) is 20.9. The van der Waals surface area contributed by atoms with Crippen molar-refractivity contribution in [1.82, 2.24) is 4.98 Å². The van der Waals surface area contributed by atoms with Gasteiger partial charge in [0.25, 0.3) is 0 Å². The molecule has 1 aromatic heterocycles. The zero-order valence-corrected chi connectivity index (χ0v) is 17.4. The summed E-state index contributed by atoms with van der Waals surface area (Å²) >= 11 is 0. The van der Waals surface area contributed by atoms with Gasteiger partial charge in [0.15, 0.2) is 0 Å². The Balaban J connectivity index is 1.36. The van der Waals surface area contributed by atoms with Crippen LogP contribution in [0.15, 0.2) is 89.5 Å². The minimum absolute atomic E-state index is 0.310. The second kappa shape index (κ2) is 9.61. The number of aromatic nitrogens is 1. The van der Waals surface area contributed by atoms with Crippen molar-refractivity contribution in [3.63, 3.8) is 0 Å². The minimum atomic E-state index is -0.399. The number of ether oxygens (including phenoxy) is 1. The molecular formula is C25H21N3O4. The monoisotopic (exact) mass is 427 g/mol. The zero-order valence-electron chi connectivity index (χ0n) is 17.4. The molecule has 7 nitrogen and oxygen atoms in total. The number of oxazole rings is 1. The van der Waals surface area contributed by atoms with Gasteiger partial charge in [0.2, 0.25) is 5.89 Å². The number of carbonyl (C=O) groups excluding carboxylic acids is 2. The average Bonchev–Trinajstić information content (AvgIpc) is 3.31. The van der Waals surface area contributed by atoms with E-state index in [2.05, 4.69) is 15.6 Å². The predicted molar refractivity (Wildman–Crippen MR) is 122 cm³/mol. The molecule has 160 valence electrons. The van der Waals surface area contributed by atoms with Gasteiger partial charge in [-0.05, 0) is 55.5 Å². The van der Waals surface area contributed by atoms with Gasteiger partial charge in [0.1, 0.15) is 12.0 Å². The Morgan fingerprint density at radius 2 is 1.47 bits per heavy atom. The van der Waals surface area contributed by atoms with Crippen LogP contribution in [-0.4, -0.2) is 23.6 Å². The first-order valence-corrected chi connectivity index (χ1v) is 10.1. The second-order valence-corrected chi connectivity index (χ2v) is 6.86. The Bertz CT molecular complexity index is 1200. The van der Waals surface area contributed by atoms with E-state index in [1.807, 2.05) is 42.5 Å². The summed E-state index contributed by atoms with van der Waals surface area (Å²) in [6.45, 7) is 2.06. The van der Waals surface area contributed by atoms with E-state index >= 15 is 0 Å². The number of rotatable bonds is 6. The van der Waals surface area contributed by atoms with Crippen LogP contribution >= 0.6 is 0 Å². The van der Waals surface area contributed by atoms with Gasteiger partial charge in [0.05, 0.1) is 12.2 Å². The predicted octanol–water partition coefficient (Wildman–Crippen LogP) is 5.83. The van der Waals surface area contributed by atoms with Crippen LogP contribution in [0.5, 0.6) is 0 Å². The van der Waals surface area contributed by atoms with Gasteiger partial charge in [-0.3, -0.25) is 0 Å². The molecule has 0 saturated carbocycles. The van der Waals surface area contributed by atoms with Crippen LogP contribution in [0.1, 0.15) is 17.3 Å². The summed E-state index contributed by atoms with van der Waals surface area (Å²) in [5.41, 5.74) is 4.14. The number of carbonyl (C=O) groups is 2. The standard InChI is InChI=1S/C25H21N3O4/c1-2-31-24(29)19-10-14-21(15-11-19)27-25(30)26-20-12-8-18(9-13-20)23-28-22(16-32-23)17-6-4-3-5-7-17/h3-16H,2H2,1H3,(H2,26,27,30). The van der Waals surface area contributed by atoms with E-state index in [1.54, 1.807) is 49.6 Å². The largest absolute Gasteiger partial charge is 0.462 e. The molecule has 0 atom stereocenters. The molecule has 1 heterocycles. The molecule has 0 fully saturated rings. The quantitative estimate of drug-likeness (QED) is 0.378. The zero-order chi connectivity index (χ0) is 22.3. The van der Waals surface area contributed by atoms with Gasteiger partial charge in [-0.15, -0.1) is 0 Å². The first-order chi connectivity index (χ1) is 15.6. The van der Waals surface area contributed by atoms with Crippen LogP contribution in [0.25, 0.3) is 22.7 Å². The van der Waals surface area contributed by atoms with Crippen LogP contribution < -0.4 is 10.6 Å². The van der Waals surface area contributed by atoms with Gasteiger partial charge in [-0.2, -0.15) is 0 Å². The molecule has 32 heavy (non-hydrogen) atoms. The fourth-order valence-electron chi connectivity index (χ4n) is 3.04. The van der Waals surface area contributed by atoms with Crippen molar-refractivity contribution in [3.8, 4) is 22.7 Å². The summed E-state index contributed by atoms with van der Waals surface area (Å²) in [6.07, 6.45) is 1.62. The molecule has 0 unspecified atom stereocenters. The molecule has 4 aromatic rings. The molecule has 0 radical (unpaired) electrons. The van der Waals surface area contributed by atoms with E-state index in [0.29, 0.717) is 29.4 Å². The van der Waals surface area contributed by atoms with Crippen molar-refractivity contribution >= 4 is 23.4 Å². The smallest absolute Gasteiger partial charge is 0.338 e. The third-order valence-electron chi connectivity index (χ3n) is 4.62. The van der Waals surface area contributed by atoms with Crippen LogP contribution in [0.4, 0.5) is 16.2 Å². The molecule has 0 spiro atoms. The van der Waals surface area contributed by atoms with E-state index in [9.17, 15) is 9.59 Å². The molecule has 0 bridgehead atoms. The lowest BCUT2D eigenvalue weighted by Crippen LogP contribution is -2.19. The maximum Gasteiger partial charge on any atom is 0.338 e. The number of anilines is 2. The molecule has 7 heteroatoms. The van der Waals surface area contributed by atoms with Gasteiger partial charge < -0.3 is 19.8 Å². The molecule has 3 aromatic carbocycles. The molecule has 2 amide bonds. The molecular weight excluding hydrogens is 406 g/mol. The lowest BCUT2D eigenvalue weighted by atomic mass is 10.2. The van der Waals surface area contributed by atoms with Crippen molar-refractivity contribution in [2.45, 2.75) is 6.92 Å². The summed E-state index contributed by atoms with van der Waals surface area (Å²) in [5.74, 6) is 0.104. The summed E-state index contributed by atoms with van der Waals surface area (Å²) in [5, 5.41) is 5.49. The number of amides is 2. The maximum absolute atomic E-state index is 12.3. The van der Waals surface area contributed by atoms with Crippen LogP contribution in [-0.2, 0) is 4.74 Å². The normalized spacial score (nSPS) is 10.4. The second-order valence-electron chi connectivity index (χ2n) is 6.86. The Morgan fingerprint density at radius 1 is 0.844 bits per heavy atom.